The lowest BCUT2D eigenvalue weighted by atomic mass is 9.88. The molecule has 0 saturated carbocycles. The van der Waals surface area contributed by atoms with Crippen molar-refractivity contribution in [3.8, 4) is 17.6 Å². The molecule has 0 aliphatic carbocycles. The SMILES string of the molecule is CCOc1cc2c(cc1NC(=O)CCCN1CCCC1)C(Nc1ccc(OCC3CCCCN3)c(Cl)c1)C(C#[N+][O-])CN2. The zero-order chi connectivity index (χ0) is 30.0. The standard InChI is InChI=1S/C32H43ClN6O4/c1-2-42-30-18-27-25(17-28(30)38-31(40)9-7-15-39-13-5-6-14-39)32(22(19-35-27)20-36-41)37-23-10-11-29(26(33)16-23)43-21-24-8-3-4-12-34-24/h10-11,16-18,22,24,32,34-35,37H,2-9,12-15,19,21H2,1H3,(H,38,40). The molecule has 5 rings (SSSR count). The molecule has 0 bridgehead atoms. The summed E-state index contributed by atoms with van der Waals surface area (Å²) in [7, 11) is 0. The van der Waals surface area contributed by atoms with Crippen LogP contribution in [0.15, 0.2) is 30.3 Å². The van der Waals surface area contributed by atoms with Crippen molar-refractivity contribution in [3.05, 3.63) is 51.1 Å². The summed E-state index contributed by atoms with van der Waals surface area (Å²) in [5.74, 6) is 0.811. The Balaban J connectivity index is 1.32. The van der Waals surface area contributed by atoms with E-state index in [1.54, 1.807) is 0 Å². The predicted molar refractivity (Wildman–Crippen MR) is 173 cm³/mol. The molecule has 0 radical (unpaired) electrons. The first kappa shape index (κ1) is 31.0. The van der Waals surface area contributed by atoms with Gasteiger partial charge >= 0.3 is 6.07 Å². The average molecular weight is 611 g/mol. The highest BCUT2D eigenvalue weighted by Crippen LogP contribution is 2.42. The Bertz CT molecular complexity index is 1300. The van der Waals surface area contributed by atoms with Gasteiger partial charge < -0.3 is 40.8 Å². The second kappa shape index (κ2) is 15.4. The molecule has 232 valence electrons. The maximum Gasteiger partial charge on any atom is 0.306 e. The third kappa shape index (κ3) is 8.37. The highest BCUT2D eigenvalue weighted by molar-refractivity contribution is 6.32. The number of benzene rings is 2. The fraction of sp³-hybridized carbons (Fsp3) is 0.562. The molecule has 2 fully saturated rings. The van der Waals surface area contributed by atoms with Crippen LogP contribution in [0.1, 0.15) is 63.5 Å². The molecule has 1 amide bonds. The topological polar surface area (TPSA) is 114 Å². The Kier molecular flexibility index (Phi) is 11.1. The number of nitrogens with one attached hydrogen (secondary N) is 4. The van der Waals surface area contributed by atoms with Crippen LogP contribution in [-0.4, -0.2) is 62.8 Å². The van der Waals surface area contributed by atoms with Crippen molar-refractivity contribution in [2.75, 3.05) is 61.9 Å². The quantitative estimate of drug-likeness (QED) is 0.213. The summed E-state index contributed by atoms with van der Waals surface area (Å²) < 4.78 is 11.9. The van der Waals surface area contributed by atoms with Crippen LogP contribution in [0.5, 0.6) is 11.5 Å². The number of rotatable bonds is 12. The number of anilines is 3. The van der Waals surface area contributed by atoms with E-state index in [0.717, 1.165) is 56.0 Å². The highest BCUT2D eigenvalue weighted by atomic mass is 35.5. The van der Waals surface area contributed by atoms with Gasteiger partial charge in [0.2, 0.25) is 5.91 Å². The molecular formula is C32H43ClN6O4. The van der Waals surface area contributed by atoms with Gasteiger partial charge in [-0.2, -0.15) is 0 Å². The molecule has 3 unspecified atom stereocenters. The Labute approximate surface area is 259 Å². The second-order valence-corrected chi connectivity index (χ2v) is 11.9. The number of amides is 1. The first-order valence-corrected chi connectivity index (χ1v) is 16.0. The summed E-state index contributed by atoms with van der Waals surface area (Å²) >= 11 is 6.63. The van der Waals surface area contributed by atoms with Gasteiger partial charge in [-0.15, -0.1) is 0 Å². The van der Waals surface area contributed by atoms with Crippen molar-refractivity contribution in [3.63, 3.8) is 0 Å². The lowest BCUT2D eigenvalue weighted by Gasteiger charge is -2.32. The number of nitrogens with zero attached hydrogens (tertiary/aromatic N) is 2. The first-order chi connectivity index (χ1) is 21.0. The fourth-order valence-corrected chi connectivity index (χ4v) is 6.36. The smallest absolute Gasteiger partial charge is 0.306 e. The Morgan fingerprint density at radius 2 is 2.02 bits per heavy atom. The van der Waals surface area contributed by atoms with Crippen LogP contribution in [0.25, 0.3) is 5.01 Å². The zero-order valence-electron chi connectivity index (χ0n) is 24.9. The van der Waals surface area contributed by atoms with Gasteiger partial charge in [0.25, 0.3) is 0 Å². The van der Waals surface area contributed by atoms with Gasteiger partial charge in [0.1, 0.15) is 24.0 Å². The summed E-state index contributed by atoms with van der Waals surface area (Å²) in [6.07, 6.45) is 7.21. The van der Waals surface area contributed by atoms with E-state index < -0.39 is 0 Å². The van der Waals surface area contributed by atoms with Gasteiger partial charge in [0.05, 0.1) is 23.4 Å². The first-order valence-electron chi connectivity index (χ1n) is 15.6. The van der Waals surface area contributed by atoms with Crippen LogP contribution in [0.2, 0.25) is 5.02 Å². The molecule has 10 nitrogen and oxygen atoms in total. The zero-order valence-corrected chi connectivity index (χ0v) is 25.7. The summed E-state index contributed by atoms with van der Waals surface area (Å²) in [4.78, 5) is 15.4. The van der Waals surface area contributed by atoms with Gasteiger partial charge in [-0.3, -0.25) is 4.79 Å². The number of hydrogen-bond donors (Lipinski definition) is 4. The minimum atomic E-state index is -0.362. The number of ether oxygens (including phenoxy) is 2. The van der Waals surface area contributed by atoms with Gasteiger partial charge in [-0.25, -0.2) is 0 Å². The molecule has 2 saturated heterocycles. The van der Waals surface area contributed by atoms with E-state index >= 15 is 0 Å². The van der Waals surface area contributed by atoms with E-state index in [-0.39, 0.29) is 17.9 Å². The van der Waals surface area contributed by atoms with Crippen molar-refractivity contribution < 1.29 is 14.3 Å². The predicted octanol–water partition coefficient (Wildman–Crippen LogP) is 6.10. The maximum absolute atomic E-state index is 13.0. The van der Waals surface area contributed by atoms with Crippen LogP contribution in [-0.2, 0) is 4.79 Å². The number of carbonyl (C=O) groups excluding carboxylic acids is 1. The summed E-state index contributed by atoms with van der Waals surface area (Å²) in [6.45, 7) is 7.58. The van der Waals surface area contributed by atoms with Crippen LogP contribution in [0.3, 0.4) is 0 Å². The number of fused-ring (bicyclic) bond motifs is 1. The molecule has 3 heterocycles. The van der Waals surface area contributed by atoms with Crippen LogP contribution < -0.4 is 30.7 Å². The molecule has 3 atom stereocenters. The number of carbonyl (C=O) groups is 1. The minimum absolute atomic E-state index is 0.0524. The van der Waals surface area contributed by atoms with Crippen molar-refractivity contribution in [2.45, 2.75) is 64.0 Å². The minimum Gasteiger partial charge on any atom is -0.498 e. The summed E-state index contributed by atoms with van der Waals surface area (Å²) in [6, 6.07) is 12.1. The highest BCUT2D eigenvalue weighted by Gasteiger charge is 2.34. The van der Waals surface area contributed by atoms with Crippen molar-refractivity contribution in [1.82, 2.24) is 10.2 Å². The van der Waals surface area contributed by atoms with Crippen molar-refractivity contribution >= 4 is 34.6 Å². The number of halogens is 1. The summed E-state index contributed by atoms with van der Waals surface area (Å²) in [5, 5.41) is 28.2. The number of likely N-dealkylation sites (tertiary alicyclic amines) is 1. The van der Waals surface area contributed by atoms with Gasteiger partial charge in [-0.05, 0) is 89.5 Å². The third-order valence-electron chi connectivity index (χ3n) is 8.38. The lowest BCUT2D eigenvalue weighted by molar-refractivity contribution is -0.116. The fourth-order valence-electron chi connectivity index (χ4n) is 6.13. The normalized spacial score (nSPS) is 21.6. The number of hydrogen-bond acceptors (Lipinski definition) is 8. The Morgan fingerprint density at radius 1 is 1.16 bits per heavy atom. The summed E-state index contributed by atoms with van der Waals surface area (Å²) in [5.41, 5.74) is 3.08. The molecule has 0 spiro atoms. The lowest BCUT2D eigenvalue weighted by Crippen LogP contribution is -2.38. The van der Waals surface area contributed by atoms with Crippen LogP contribution in [0, 0.1) is 17.2 Å². The van der Waals surface area contributed by atoms with E-state index in [2.05, 4.69) is 37.2 Å². The molecule has 3 aliphatic heterocycles. The van der Waals surface area contributed by atoms with Gasteiger partial charge in [0.15, 0.2) is 0 Å². The maximum atomic E-state index is 13.0. The molecule has 2 aromatic carbocycles. The Hall–Kier alpha value is -3.39. The number of piperidine rings is 1. The van der Waals surface area contributed by atoms with E-state index in [0.29, 0.717) is 54.4 Å². The van der Waals surface area contributed by atoms with Crippen LogP contribution in [0.4, 0.5) is 17.1 Å². The van der Waals surface area contributed by atoms with E-state index in [1.807, 2.05) is 37.3 Å². The molecule has 4 N–H and O–H groups in total. The van der Waals surface area contributed by atoms with Gasteiger partial charge in [-0.1, -0.05) is 18.0 Å². The second-order valence-electron chi connectivity index (χ2n) is 11.5. The van der Waals surface area contributed by atoms with E-state index in [9.17, 15) is 10.0 Å². The van der Waals surface area contributed by atoms with Crippen molar-refractivity contribution in [2.24, 2.45) is 5.92 Å². The largest absolute Gasteiger partial charge is 0.498 e. The molecule has 11 heteroatoms. The third-order valence-corrected chi connectivity index (χ3v) is 8.67. The molecular weight excluding hydrogens is 568 g/mol. The van der Waals surface area contributed by atoms with Crippen LogP contribution >= 0.6 is 11.6 Å². The Morgan fingerprint density at radius 3 is 2.77 bits per heavy atom. The molecule has 2 aromatic rings. The average Bonchev–Trinajstić information content (AvgIpc) is 3.53. The molecule has 43 heavy (non-hydrogen) atoms. The van der Waals surface area contributed by atoms with Gasteiger partial charge in [0, 0.05) is 47.0 Å². The van der Waals surface area contributed by atoms with Crippen molar-refractivity contribution in [1.29, 1.82) is 0 Å². The van der Waals surface area contributed by atoms with E-state index in [1.165, 1.54) is 25.7 Å². The van der Waals surface area contributed by atoms with E-state index in [4.69, 9.17) is 21.1 Å². The molecule has 0 aromatic heterocycles. The molecule has 3 aliphatic rings. The monoisotopic (exact) mass is 610 g/mol.